The van der Waals surface area contributed by atoms with Crippen LogP contribution in [0.25, 0.3) is 0 Å². The van der Waals surface area contributed by atoms with E-state index in [1.807, 2.05) is 22.4 Å². The molecule has 0 aromatic carbocycles. The van der Waals surface area contributed by atoms with Gasteiger partial charge in [0.2, 0.25) is 11.8 Å². The van der Waals surface area contributed by atoms with Gasteiger partial charge in [0.25, 0.3) is 0 Å². The highest BCUT2D eigenvalue weighted by molar-refractivity contribution is 7.10. The van der Waals surface area contributed by atoms with Crippen molar-refractivity contribution in [3.8, 4) is 0 Å². The van der Waals surface area contributed by atoms with E-state index in [1.165, 1.54) is 0 Å². The Morgan fingerprint density at radius 2 is 2.15 bits per heavy atom. The lowest BCUT2D eigenvalue weighted by Crippen LogP contribution is -2.44. The van der Waals surface area contributed by atoms with Crippen LogP contribution in [0.3, 0.4) is 0 Å². The quantitative estimate of drug-likeness (QED) is 0.821. The fourth-order valence-corrected chi connectivity index (χ4v) is 3.89. The van der Waals surface area contributed by atoms with Crippen molar-refractivity contribution in [1.82, 2.24) is 9.80 Å². The summed E-state index contributed by atoms with van der Waals surface area (Å²) in [5.74, 6) is -0.122. The summed E-state index contributed by atoms with van der Waals surface area (Å²) in [5.41, 5.74) is 0. The molecule has 0 N–H and O–H groups in total. The van der Waals surface area contributed by atoms with E-state index in [9.17, 15) is 9.59 Å². The van der Waals surface area contributed by atoms with Crippen LogP contribution in [0.2, 0.25) is 0 Å². The van der Waals surface area contributed by atoms with E-state index in [-0.39, 0.29) is 23.8 Å². The Balaban J connectivity index is 1.83. The third-order valence-corrected chi connectivity index (χ3v) is 5.00. The minimum Gasteiger partial charge on any atom is -0.378 e. The summed E-state index contributed by atoms with van der Waals surface area (Å²) in [6, 6.07) is 3.86. The second kappa shape index (κ2) is 5.54. The molecule has 2 amide bonds. The molecule has 2 saturated heterocycles. The van der Waals surface area contributed by atoms with Gasteiger partial charge in [-0.3, -0.25) is 9.59 Å². The van der Waals surface area contributed by atoms with E-state index in [2.05, 4.69) is 0 Å². The molecule has 0 saturated carbocycles. The molecule has 108 valence electrons. The third kappa shape index (κ3) is 2.33. The van der Waals surface area contributed by atoms with E-state index in [1.54, 1.807) is 23.3 Å². The van der Waals surface area contributed by atoms with Gasteiger partial charge in [0.15, 0.2) is 0 Å². The van der Waals surface area contributed by atoms with Crippen LogP contribution in [0.5, 0.6) is 0 Å². The Hall–Kier alpha value is -1.40. The lowest BCUT2D eigenvalue weighted by Gasteiger charge is -2.31. The van der Waals surface area contributed by atoms with Crippen molar-refractivity contribution in [2.45, 2.75) is 12.5 Å². The molecule has 0 radical (unpaired) electrons. The van der Waals surface area contributed by atoms with Crippen molar-refractivity contribution >= 4 is 23.2 Å². The van der Waals surface area contributed by atoms with Crippen molar-refractivity contribution in [3.05, 3.63) is 22.4 Å². The molecule has 2 aliphatic rings. The minimum atomic E-state index is -0.260. The zero-order chi connectivity index (χ0) is 14.1. The second-order valence-corrected chi connectivity index (χ2v) is 6.19. The van der Waals surface area contributed by atoms with Crippen LogP contribution < -0.4 is 0 Å². The third-order valence-electron chi connectivity index (χ3n) is 4.06. The number of nitrogens with zero attached hydrogens (tertiary/aromatic N) is 2. The van der Waals surface area contributed by atoms with Crippen molar-refractivity contribution < 1.29 is 14.3 Å². The van der Waals surface area contributed by atoms with Gasteiger partial charge in [0, 0.05) is 31.4 Å². The molecule has 1 aromatic rings. The van der Waals surface area contributed by atoms with Crippen molar-refractivity contribution in [2.75, 3.05) is 33.4 Å². The average Bonchev–Trinajstić information content (AvgIpc) is 3.08. The number of carbonyl (C=O) groups is 2. The summed E-state index contributed by atoms with van der Waals surface area (Å²) in [6.07, 6.45) is 0.315. The summed E-state index contributed by atoms with van der Waals surface area (Å²) in [4.78, 5) is 29.3. The largest absolute Gasteiger partial charge is 0.378 e. The maximum Gasteiger partial charge on any atom is 0.228 e. The number of thiophene rings is 1. The zero-order valence-corrected chi connectivity index (χ0v) is 12.3. The van der Waals surface area contributed by atoms with Crippen LogP contribution in [-0.4, -0.2) is 55.0 Å². The first-order valence-corrected chi connectivity index (χ1v) is 7.72. The fraction of sp³-hybridized carbons (Fsp3) is 0.571. The molecule has 0 spiro atoms. The summed E-state index contributed by atoms with van der Waals surface area (Å²) >= 11 is 1.60. The molecule has 6 heteroatoms. The number of hydrogen-bond acceptors (Lipinski definition) is 4. The zero-order valence-electron chi connectivity index (χ0n) is 11.4. The van der Waals surface area contributed by atoms with E-state index >= 15 is 0 Å². The first kappa shape index (κ1) is 13.6. The first-order chi connectivity index (χ1) is 9.68. The van der Waals surface area contributed by atoms with Crippen LogP contribution in [0.15, 0.2) is 17.5 Å². The van der Waals surface area contributed by atoms with Gasteiger partial charge in [-0.25, -0.2) is 0 Å². The maximum atomic E-state index is 12.7. The smallest absolute Gasteiger partial charge is 0.228 e. The molecule has 3 heterocycles. The van der Waals surface area contributed by atoms with E-state index < -0.39 is 0 Å². The molecule has 2 fully saturated rings. The van der Waals surface area contributed by atoms with Gasteiger partial charge in [0.05, 0.1) is 25.2 Å². The number of likely N-dealkylation sites (tertiary alicyclic amines) is 1. The van der Waals surface area contributed by atoms with Crippen LogP contribution in [0, 0.1) is 5.92 Å². The predicted octanol–water partition coefficient (Wildman–Crippen LogP) is 1.13. The minimum absolute atomic E-state index is 0.0509. The molecule has 3 rings (SSSR count). The van der Waals surface area contributed by atoms with Gasteiger partial charge in [-0.1, -0.05) is 6.07 Å². The Morgan fingerprint density at radius 1 is 1.40 bits per heavy atom. The number of hydrogen-bond donors (Lipinski definition) is 0. The van der Waals surface area contributed by atoms with Gasteiger partial charge in [-0.2, -0.15) is 0 Å². The second-order valence-electron chi connectivity index (χ2n) is 5.21. The highest BCUT2D eigenvalue weighted by atomic mass is 32.1. The normalized spacial score (nSPS) is 27.1. The molecule has 0 aliphatic carbocycles. The topological polar surface area (TPSA) is 49.9 Å². The monoisotopic (exact) mass is 294 g/mol. The summed E-state index contributed by atoms with van der Waals surface area (Å²) in [7, 11) is 1.79. The van der Waals surface area contributed by atoms with Gasteiger partial charge in [-0.05, 0) is 11.4 Å². The summed E-state index contributed by atoms with van der Waals surface area (Å²) in [5, 5.41) is 1.99. The lowest BCUT2D eigenvalue weighted by atomic mass is 9.97. The molecule has 2 aliphatic heterocycles. The lowest BCUT2D eigenvalue weighted by molar-refractivity contribution is -0.140. The predicted molar refractivity (Wildman–Crippen MR) is 75.3 cm³/mol. The fourth-order valence-electron chi connectivity index (χ4n) is 2.96. The number of ether oxygens (including phenoxy) is 1. The number of carbonyl (C=O) groups excluding carboxylic acids is 2. The SMILES string of the molecule is CN1C(=O)CC(C(=O)N2CCOCC2)C1c1cccs1. The Morgan fingerprint density at radius 3 is 2.80 bits per heavy atom. The Labute approximate surface area is 122 Å². The van der Waals surface area contributed by atoms with Crippen molar-refractivity contribution in [3.63, 3.8) is 0 Å². The highest BCUT2D eigenvalue weighted by Crippen LogP contribution is 2.39. The van der Waals surface area contributed by atoms with Crippen LogP contribution in [0.1, 0.15) is 17.3 Å². The number of rotatable bonds is 2. The molecule has 2 unspecified atom stereocenters. The Kier molecular flexibility index (Phi) is 3.76. The molecular formula is C14H18N2O3S. The standard InChI is InChI=1S/C14H18N2O3S/c1-15-12(17)9-10(13(15)11-3-2-8-20-11)14(18)16-4-6-19-7-5-16/h2-3,8,10,13H,4-7,9H2,1H3. The average molecular weight is 294 g/mol. The van der Waals surface area contributed by atoms with Crippen LogP contribution in [-0.2, 0) is 14.3 Å². The van der Waals surface area contributed by atoms with E-state index in [0.29, 0.717) is 32.7 Å². The summed E-state index contributed by atoms with van der Waals surface area (Å²) in [6.45, 7) is 2.44. The number of amides is 2. The maximum absolute atomic E-state index is 12.7. The van der Waals surface area contributed by atoms with Gasteiger partial charge in [0.1, 0.15) is 0 Å². The van der Waals surface area contributed by atoms with Crippen molar-refractivity contribution in [2.24, 2.45) is 5.92 Å². The number of morpholine rings is 1. The van der Waals surface area contributed by atoms with Gasteiger partial charge < -0.3 is 14.5 Å². The highest BCUT2D eigenvalue weighted by Gasteiger charge is 2.44. The van der Waals surface area contributed by atoms with Gasteiger partial charge >= 0.3 is 0 Å². The van der Waals surface area contributed by atoms with Crippen LogP contribution >= 0.6 is 11.3 Å². The molecule has 0 bridgehead atoms. The first-order valence-electron chi connectivity index (χ1n) is 6.84. The molecule has 2 atom stereocenters. The van der Waals surface area contributed by atoms with E-state index in [4.69, 9.17) is 4.74 Å². The van der Waals surface area contributed by atoms with Crippen LogP contribution in [0.4, 0.5) is 0 Å². The molecule has 20 heavy (non-hydrogen) atoms. The summed E-state index contributed by atoms with van der Waals surface area (Å²) < 4.78 is 5.28. The van der Waals surface area contributed by atoms with Gasteiger partial charge in [-0.15, -0.1) is 11.3 Å². The molecule has 5 nitrogen and oxygen atoms in total. The Bertz CT molecular complexity index is 497. The molecular weight excluding hydrogens is 276 g/mol. The van der Waals surface area contributed by atoms with E-state index in [0.717, 1.165) is 4.88 Å². The molecule has 1 aromatic heterocycles. The van der Waals surface area contributed by atoms with Crippen molar-refractivity contribution in [1.29, 1.82) is 0 Å².